The number of aromatic nitrogens is 2. The van der Waals surface area contributed by atoms with Crippen molar-refractivity contribution in [2.45, 2.75) is 13.8 Å². The molecule has 3 aromatic rings. The summed E-state index contributed by atoms with van der Waals surface area (Å²) in [5, 5.41) is 11.8. The molecule has 0 bridgehead atoms. The summed E-state index contributed by atoms with van der Waals surface area (Å²) in [4.78, 5) is 19.7. The van der Waals surface area contributed by atoms with Gasteiger partial charge in [0.15, 0.2) is 11.5 Å². The molecular formula is C19H18N2O4S. The smallest absolute Gasteiger partial charge is 0.337 e. The number of hydrogen-bond acceptors (Lipinski definition) is 6. The van der Waals surface area contributed by atoms with E-state index in [2.05, 4.69) is 9.97 Å². The molecule has 1 N–H and O–H groups in total. The van der Waals surface area contributed by atoms with Crippen molar-refractivity contribution in [3.63, 3.8) is 0 Å². The zero-order valence-electron chi connectivity index (χ0n) is 14.4. The summed E-state index contributed by atoms with van der Waals surface area (Å²) in [6, 6.07) is 7.28. The highest BCUT2D eigenvalue weighted by molar-refractivity contribution is 7.13. The molecule has 0 aliphatic carbocycles. The molecule has 3 rings (SSSR count). The van der Waals surface area contributed by atoms with Crippen LogP contribution in [0.3, 0.4) is 0 Å². The molecule has 134 valence electrons. The number of thiazole rings is 1. The zero-order valence-corrected chi connectivity index (χ0v) is 15.2. The summed E-state index contributed by atoms with van der Waals surface area (Å²) < 4.78 is 11.2. The maximum absolute atomic E-state index is 11.1. The van der Waals surface area contributed by atoms with E-state index < -0.39 is 5.97 Å². The summed E-state index contributed by atoms with van der Waals surface area (Å²) in [5.41, 5.74) is 2.41. The lowest BCUT2D eigenvalue weighted by Crippen LogP contribution is -1.98. The Kier molecular flexibility index (Phi) is 5.48. The van der Waals surface area contributed by atoms with Gasteiger partial charge in [-0.15, -0.1) is 11.3 Å². The Bertz CT molecular complexity index is 923. The second-order valence-electron chi connectivity index (χ2n) is 5.33. The molecule has 0 aliphatic heterocycles. The molecule has 1 aromatic carbocycles. The SMILES string of the molecule is CCOc1ccc(-c2nc(-c3cncc(C(=O)O)c3)cs2)cc1OCC. The van der Waals surface area contributed by atoms with Gasteiger partial charge in [0.2, 0.25) is 0 Å². The fourth-order valence-corrected chi connectivity index (χ4v) is 3.25. The molecule has 0 atom stereocenters. The number of carboxylic acids is 1. The Morgan fingerprint density at radius 1 is 1.08 bits per heavy atom. The molecule has 2 aromatic heterocycles. The van der Waals surface area contributed by atoms with Crippen molar-refractivity contribution in [2.75, 3.05) is 13.2 Å². The predicted octanol–water partition coefficient (Wildman–Crippen LogP) is 4.37. The van der Waals surface area contributed by atoms with Gasteiger partial charge >= 0.3 is 5.97 Å². The number of carbonyl (C=O) groups is 1. The normalized spacial score (nSPS) is 10.5. The number of benzene rings is 1. The average Bonchev–Trinajstić information content (AvgIpc) is 3.14. The number of pyridine rings is 1. The lowest BCUT2D eigenvalue weighted by molar-refractivity contribution is 0.0696. The van der Waals surface area contributed by atoms with E-state index in [4.69, 9.17) is 14.6 Å². The fourth-order valence-electron chi connectivity index (χ4n) is 2.42. The molecule has 0 saturated carbocycles. The lowest BCUT2D eigenvalue weighted by atomic mass is 10.1. The quantitative estimate of drug-likeness (QED) is 0.665. The van der Waals surface area contributed by atoms with E-state index in [1.807, 2.05) is 37.4 Å². The topological polar surface area (TPSA) is 81.5 Å². The molecule has 7 heteroatoms. The van der Waals surface area contributed by atoms with Crippen molar-refractivity contribution >= 4 is 17.3 Å². The van der Waals surface area contributed by atoms with E-state index in [0.717, 1.165) is 10.6 Å². The fraction of sp³-hybridized carbons (Fsp3) is 0.211. The molecule has 0 unspecified atom stereocenters. The highest BCUT2D eigenvalue weighted by Crippen LogP contribution is 2.35. The number of aromatic carboxylic acids is 1. The van der Waals surface area contributed by atoms with Crippen molar-refractivity contribution in [1.82, 2.24) is 9.97 Å². The van der Waals surface area contributed by atoms with E-state index in [9.17, 15) is 4.79 Å². The van der Waals surface area contributed by atoms with Crippen LogP contribution in [0.2, 0.25) is 0 Å². The van der Waals surface area contributed by atoms with E-state index in [1.54, 1.807) is 12.3 Å². The van der Waals surface area contributed by atoms with Crippen LogP contribution in [0.25, 0.3) is 21.8 Å². The van der Waals surface area contributed by atoms with Gasteiger partial charge in [0.05, 0.1) is 24.5 Å². The third kappa shape index (κ3) is 3.83. The highest BCUT2D eigenvalue weighted by atomic mass is 32.1. The van der Waals surface area contributed by atoms with Gasteiger partial charge in [-0.05, 0) is 38.1 Å². The number of carboxylic acid groups (broad SMARTS) is 1. The van der Waals surface area contributed by atoms with Gasteiger partial charge in [0, 0.05) is 28.9 Å². The molecule has 0 fully saturated rings. The molecule has 2 heterocycles. The molecule has 0 amide bonds. The summed E-state index contributed by atoms with van der Waals surface area (Å²) in [6.45, 7) is 4.95. The van der Waals surface area contributed by atoms with Crippen molar-refractivity contribution in [3.8, 4) is 33.3 Å². The molecule has 0 spiro atoms. The number of hydrogen-bond donors (Lipinski definition) is 1. The molecule has 0 radical (unpaired) electrons. The number of rotatable bonds is 7. The van der Waals surface area contributed by atoms with Crippen LogP contribution in [-0.2, 0) is 0 Å². The van der Waals surface area contributed by atoms with Gasteiger partial charge in [-0.25, -0.2) is 9.78 Å². The predicted molar refractivity (Wildman–Crippen MR) is 100 cm³/mol. The minimum Gasteiger partial charge on any atom is -0.490 e. The monoisotopic (exact) mass is 370 g/mol. The Balaban J connectivity index is 1.93. The maximum atomic E-state index is 11.1. The molecule has 6 nitrogen and oxygen atoms in total. The first-order chi connectivity index (χ1) is 12.6. The van der Waals surface area contributed by atoms with E-state index >= 15 is 0 Å². The standard InChI is InChI=1S/C19H18N2O4S/c1-3-24-16-6-5-12(8-17(16)25-4-2)18-21-15(11-26-18)13-7-14(19(22)23)10-20-9-13/h5-11H,3-4H2,1-2H3,(H,22,23). The van der Waals surface area contributed by atoms with Crippen molar-refractivity contribution in [2.24, 2.45) is 0 Å². The van der Waals surface area contributed by atoms with Gasteiger partial charge in [0.25, 0.3) is 0 Å². The average molecular weight is 370 g/mol. The molecule has 0 saturated heterocycles. The summed E-state index contributed by atoms with van der Waals surface area (Å²) in [5.74, 6) is 0.369. The van der Waals surface area contributed by atoms with Crippen molar-refractivity contribution in [1.29, 1.82) is 0 Å². The number of ether oxygens (including phenoxy) is 2. The molecule has 0 aliphatic rings. The van der Waals surface area contributed by atoms with Crippen LogP contribution in [0.15, 0.2) is 42.0 Å². The van der Waals surface area contributed by atoms with Gasteiger partial charge in [-0.2, -0.15) is 0 Å². The van der Waals surface area contributed by atoms with Gasteiger partial charge in [0.1, 0.15) is 5.01 Å². The van der Waals surface area contributed by atoms with Gasteiger partial charge in [-0.3, -0.25) is 4.98 Å². The van der Waals surface area contributed by atoms with Crippen molar-refractivity contribution < 1.29 is 19.4 Å². The minimum absolute atomic E-state index is 0.136. The zero-order chi connectivity index (χ0) is 18.5. The Hall–Kier alpha value is -2.93. The third-order valence-electron chi connectivity index (χ3n) is 3.58. The van der Waals surface area contributed by atoms with Gasteiger partial charge in [-0.1, -0.05) is 0 Å². The van der Waals surface area contributed by atoms with Crippen LogP contribution in [0.1, 0.15) is 24.2 Å². The largest absolute Gasteiger partial charge is 0.490 e. The van der Waals surface area contributed by atoms with Crippen LogP contribution in [0.4, 0.5) is 0 Å². The Morgan fingerprint density at radius 3 is 2.58 bits per heavy atom. The van der Waals surface area contributed by atoms with Crippen molar-refractivity contribution in [3.05, 3.63) is 47.6 Å². The summed E-state index contributed by atoms with van der Waals surface area (Å²) >= 11 is 1.48. The third-order valence-corrected chi connectivity index (χ3v) is 4.47. The summed E-state index contributed by atoms with van der Waals surface area (Å²) in [7, 11) is 0. The first kappa shape index (κ1) is 17.9. The minimum atomic E-state index is -1.01. The molecule has 26 heavy (non-hydrogen) atoms. The van der Waals surface area contributed by atoms with Crippen LogP contribution >= 0.6 is 11.3 Å². The van der Waals surface area contributed by atoms with E-state index in [0.29, 0.717) is 36.0 Å². The van der Waals surface area contributed by atoms with Crippen LogP contribution in [-0.4, -0.2) is 34.3 Å². The van der Waals surface area contributed by atoms with Gasteiger partial charge < -0.3 is 14.6 Å². The lowest BCUT2D eigenvalue weighted by Gasteiger charge is -2.11. The maximum Gasteiger partial charge on any atom is 0.337 e. The van der Waals surface area contributed by atoms with Crippen LogP contribution in [0, 0.1) is 0 Å². The second-order valence-corrected chi connectivity index (χ2v) is 6.19. The second kappa shape index (κ2) is 7.97. The first-order valence-corrected chi connectivity index (χ1v) is 9.04. The van der Waals surface area contributed by atoms with Crippen LogP contribution < -0.4 is 9.47 Å². The molecular weight excluding hydrogens is 352 g/mol. The van der Waals surface area contributed by atoms with E-state index in [-0.39, 0.29) is 5.56 Å². The van der Waals surface area contributed by atoms with Crippen LogP contribution in [0.5, 0.6) is 11.5 Å². The highest BCUT2D eigenvalue weighted by Gasteiger charge is 2.12. The first-order valence-electron chi connectivity index (χ1n) is 8.16. The summed E-state index contributed by atoms with van der Waals surface area (Å²) in [6.07, 6.45) is 2.93. The Morgan fingerprint density at radius 2 is 1.85 bits per heavy atom. The number of nitrogens with zero attached hydrogens (tertiary/aromatic N) is 2. The van der Waals surface area contributed by atoms with E-state index in [1.165, 1.54) is 17.5 Å². The Labute approximate surface area is 155 Å².